The van der Waals surface area contributed by atoms with Gasteiger partial charge in [0, 0.05) is 19.1 Å². The molecular formula is C20H22N6O. The summed E-state index contributed by atoms with van der Waals surface area (Å²) in [5.74, 6) is 0.644. The molecule has 1 unspecified atom stereocenters. The lowest BCUT2D eigenvalue weighted by Crippen LogP contribution is -2.43. The zero-order valence-corrected chi connectivity index (χ0v) is 15.2. The number of nitrogens with one attached hydrogen (secondary N) is 1. The summed E-state index contributed by atoms with van der Waals surface area (Å²) in [5.41, 5.74) is 2.41. The van der Waals surface area contributed by atoms with Gasteiger partial charge in [-0.1, -0.05) is 60.7 Å². The van der Waals surface area contributed by atoms with Crippen LogP contribution in [0.15, 0.2) is 60.7 Å². The number of amides is 1. The number of rotatable bonds is 5. The number of hydrogen-bond acceptors (Lipinski definition) is 5. The van der Waals surface area contributed by atoms with Crippen molar-refractivity contribution in [1.29, 1.82) is 0 Å². The fraction of sp³-hybridized carbons (Fsp3) is 0.300. The molecule has 0 radical (unpaired) electrons. The summed E-state index contributed by atoms with van der Waals surface area (Å²) >= 11 is 0. The summed E-state index contributed by atoms with van der Waals surface area (Å²) in [4.78, 5) is 14.5. The molecule has 0 saturated heterocycles. The fourth-order valence-electron chi connectivity index (χ4n) is 3.64. The molecule has 0 saturated carbocycles. The van der Waals surface area contributed by atoms with Gasteiger partial charge in [0.25, 0.3) is 0 Å². The Morgan fingerprint density at radius 3 is 2.22 bits per heavy atom. The second-order valence-corrected chi connectivity index (χ2v) is 6.87. The van der Waals surface area contributed by atoms with Crippen LogP contribution in [0.4, 0.5) is 0 Å². The lowest BCUT2D eigenvalue weighted by molar-refractivity contribution is -0.122. The maximum Gasteiger partial charge on any atom is 0.242 e. The van der Waals surface area contributed by atoms with Crippen molar-refractivity contribution in [2.24, 2.45) is 0 Å². The van der Waals surface area contributed by atoms with Crippen molar-refractivity contribution in [1.82, 2.24) is 30.4 Å². The average Bonchev–Trinajstić information content (AvgIpc) is 3.06. The second kappa shape index (κ2) is 7.67. The van der Waals surface area contributed by atoms with E-state index >= 15 is 0 Å². The van der Waals surface area contributed by atoms with Gasteiger partial charge in [-0.15, -0.1) is 5.10 Å². The number of benzene rings is 2. The molecule has 1 aromatic heterocycles. The molecule has 1 N–H and O–H groups in total. The van der Waals surface area contributed by atoms with Crippen molar-refractivity contribution in [3.63, 3.8) is 0 Å². The molecule has 0 spiro atoms. The zero-order valence-electron chi connectivity index (χ0n) is 15.2. The van der Waals surface area contributed by atoms with Crippen LogP contribution in [0.1, 0.15) is 29.9 Å². The average molecular weight is 362 g/mol. The smallest absolute Gasteiger partial charge is 0.242 e. The number of aromatic nitrogens is 4. The van der Waals surface area contributed by atoms with E-state index in [1.54, 1.807) is 4.68 Å². The van der Waals surface area contributed by atoms with Crippen LogP contribution in [0.3, 0.4) is 0 Å². The Balaban J connectivity index is 1.71. The van der Waals surface area contributed by atoms with Crippen molar-refractivity contribution in [3.05, 3.63) is 77.6 Å². The van der Waals surface area contributed by atoms with Crippen LogP contribution >= 0.6 is 0 Å². The predicted octanol–water partition coefficient (Wildman–Crippen LogP) is 1.93. The summed E-state index contributed by atoms with van der Waals surface area (Å²) in [7, 11) is 0. The van der Waals surface area contributed by atoms with E-state index in [9.17, 15) is 4.79 Å². The Hall–Kier alpha value is -3.06. The fourth-order valence-corrected chi connectivity index (χ4v) is 3.64. The van der Waals surface area contributed by atoms with Crippen LogP contribution in [-0.2, 0) is 24.4 Å². The van der Waals surface area contributed by atoms with Gasteiger partial charge in [0.2, 0.25) is 5.91 Å². The number of nitrogens with zero attached hydrogens (tertiary/aromatic N) is 5. The second-order valence-electron chi connectivity index (χ2n) is 6.87. The summed E-state index contributed by atoms with van der Waals surface area (Å²) in [6.45, 7) is 3.62. The highest BCUT2D eigenvalue weighted by Crippen LogP contribution is 2.28. The van der Waals surface area contributed by atoms with Crippen molar-refractivity contribution >= 4 is 5.91 Å². The molecule has 1 aliphatic rings. The number of carbonyl (C=O) groups is 1. The Labute approximate surface area is 158 Å². The van der Waals surface area contributed by atoms with Crippen LogP contribution in [0.2, 0.25) is 0 Å². The minimum atomic E-state index is -0.133. The van der Waals surface area contributed by atoms with E-state index in [4.69, 9.17) is 0 Å². The molecule has 2 atom stereocenters. The monoisotopic (exact) mass is 362 g/mol. The molecular weight excluding hydrogens is 340 g/mol. The van der Waals surface area contributed by atoms with Gasteiger partial charge >= 0.3 is 0 Å². The maximum absolute atomic E-state index is 12.2. The summed E-state index contributed by atoms with van der Waals surface area (Å²) in [6.07, 6.45) is 0. The molecule has 3 aromatic rings. The van der Waals surface area contributed by atoms with Gasteiger partial charge < -0.3 is 5.32 Å². The van der Waals surface area contributed by atoms with Crippen LogP contribution < -0.4 is 5.32 Å². The minimum Gasteiger partial charge on any atom is -0.350 e. The van der Waals surface area contributed by atoms with E-state index in [0.29, 0.717) is 5.82 Å². The number of fused-ring (bicyclic) bond motifs is 1. The highest BCUT2D eigenvalue weighted by atomic mass is 16.2. The van der Waals surface area contributed by atoms with Crippen LogP contribution in [0.25, 0.3) is 0 Å². The number of tetrazole rings is 1. The Morgan fingerprint density at radius 1 is 1.04 bits per heavy atom. The summed E-state index contributed by atoms with van der Waals surface area (Å²) < 4.78 is 1.60. The van der Waals surface area contributed by atoms with Gasteiger partial charge in [-0.2, -0.15) is 0 Å². The molecule has 2 aromatic carbocycles. The Bertz CT molecular complexity index is 854. The first-order chi connectivity index (χ1) is 13.2. The van der Waals surface area contributed by atoms with E-state index in [1.165, 1.54) is 11.1 Å². The van der Waals surface area contributed by atoms with E-state index < -0.39 is 0 Å². The molecule has 0 aliphatic carbocycles. The molecule has 0 fully saturated rings. The molecule has 138 valence electrons. The standard InChI is InChI=1S/C20H22N6O/c1-15-19(20-22-23-24-26(20)14-18(27)21-15)25(12-16-8-4-2-5-9-16)13-17-10-6-3-7-11-17/h2-11,15,19H,12-14H2,1H3,(H,21,27)/t15-,19?/m0/s1. The highest BCUT2D eigenvalue weighted by Gasteiger charge is 2.35. The topological polar surface area (TPSA) is 75.9 Å². The number of carbonyl (C=O) groups excluding carboxylic acids is 1. The molecule has 7 heteroatoms. The number of hydrogen-bond donors (Lipinski definition) is 1. The molecule has 2 heterocycles. The zero-order chi connectivity index (χ0) is 18.6. The molecule has 0 bridgehead atoms. The third kappa shape index (κ3) is 3.88. The van der Waals surface area contributed by atoms with Gasteiger partial charge in [0.15, 0.2) is 5.82 Å². The van der Waals surface area contributed by atoms with Gasteiger partial charge in [-0.25, -0.2) is 4.68 Å². The third-order valence-corrected chi connectivity index (χ3v) is 4.83. The Morgan fingerprint density at radius 2 is 1.63 bits per heavy atom. The van der Waals surface area contributed by atoms with Crippen molar-refractivity contribution in [3.8, 4) is 0 Å². The van der Waals surface area contributed by atoms with Crippen molar-refractivity contribution < 1.29 is 4.79 Å². The van der Waals surface area contributed by atoms with Crippen LogP contribution in [0, 0.1) is 0 Å². The van der Waals surface area contributed by atoms with Crippen LogP contribution in [-0.4, -0.2) is 37.1 Å². The summed E-state index contributed by atoms with van der Waals surface area (Å²) in [6, 6.07) is 20.4. The highest BCUT2D eigenvalue weighted by molar-refractivity contribution is 5.76. The van der Waals surface area contributed by atoms with Gasteiger partial charge in [-0.3, -0.25) is 9.69 Å². The van der Waals surface area contributed by atoms with Crippen molar-refractivity contribution in [2.45, 2.75) is 38.6 Å². The lowest BCUT2D eigenvalue weighted by Gasteiger charge is -2.33. The molecule has 27 heavy (non-hydrogen) atoms. The minimum absolute atomic E-state index is 0.0714. The lowest BCUT2D eigenvalue weighted by atomic mass is 10.0. The van der Waals surface area contributed by atoms with E-state index in [2.05, 4.69) is 50.0 Å². The quantitative estimate of drug-likeness (QED) is 0.751. The first kappa shape index (κ1) is 17.4. The van der Waals surface area contributed by atoms with Crippen LogP contribution in [0.5, 0.6) is 0 Å². The molecule has 4 rings (SSSR count). The van der Waals surface area contributed by atoms with Gasteiger partial charge in [-0.05, 0) is 28.5 Å². The molecule has 1 amide bonds. The molecule has 1 aliphatic heterocycles. The van der Waals surface area contributed by atoms with E-state index in [0.717, 1.165) is 13.1 Å². The third-order valence-electron chi connectivity index (χ3n) is 4.83. The predicted molar refractivity (Wildman–Crippen MR) is 100 cm³/mol. The first-order valence-electron chi connectivity index (χ1n) is 9.08. The Kier molecular flexibility index (Phi) is 4.93. The largest absolute Gasteiger partial charge is 0.350 e. The first-order valence-corrected chi connectivity index (χ1v) is 9.08. The summed E-state index contributed by atoms with van der Waals surface area (Å²) in [5, 5.41) is 15.2. The van der Waals surface area contributed by atoms with Gasteiger partial charge in [0.1, 0.15) is 6.54 Å². The maximum atomic E-state index is 12.2. The van der Waals surface area contributed by atoms with Gasteiger partial charge in [0.05, 0.1) is 6.04 Å². The van der Waals surface area contributed by atoms with Crippen molar-refractivity contribution in [2.75, 3.05) is 0 Å². The van der Waals surface area contributed by atoms with E-state index in [-0.39, 0.29) is 24.5 Å². The molecule has 7 nitrogen and oxygen atoms in total. The normalized spacial score (nSPS) is 19.4. The van der Waals surface area contributed by atoms with E-state index in [1.807, 2.05) is 43.3 Å². The SMILES string of the molecule is C[C@@H]1NC(=O)Cn2nnnc2C1N(Cc1ccccc1)Cc1ccccc1.